The van der Waals surface area contributed by atoms with Gasteiger partial charge in [0.25, 0.3) is 0 Å². The van der Waals surface area contributed by atoms with Crippen LogP contribution in [0.1, 0.15) is 59.1 Å². The molecule has 0 bridgehead atoms. The highest BCUT2D eigenvalue weighted by Gasteiger charge is 2.36. The fourth-order valence-corrected chi connectivity index (χ4v) is 5.84. The van der Waals surface area contributed by atoms with Crippen molar-refractivity contribution >= 4 is 11.3 Å². The lowest BCUT2D eigenvalue weighted by Gasteiger charge is -2.41. The summed E-state index contributed by atoms with van der Waals surface area (Å²) < 4.78 is 45.0. The number of hydrogen-bond donors (Lipinski definition) is 1. The maximum Gasteiger partial charge on any atom is 0.416 e. The minimum absolute atomic E-state index is 0.000740. The molecule has 3 heterocycles. The Labute approximate surface area is 185 Å². The van der Waals surface area contributed by atoms with Crippen LogP contribution in [0.5, 0.6) is 0 Å². The summed E-state index contributed by atoms with van der Waals surface area (Å²) in [6.45, 7) is 3.40. The van der Waals surface area contributed by atoms with E-state index < -0.39 is 11.7 Å². The van der Waals surface area contributed by atoms with Crippen molar-refractivity contribution in [3.8, 4) is 0 Å². The highest BCUT2D eigenvalue weighted by molar-refractivity contribution is 7.12. The van der Waals surface area contributed by atoms with Crippen molar-refractivity contribution in [2.75, 3.05) is 26.3 Å². The van der Waals surface area contributed by atoms with E-state index in [0.717, 1.165) is 58.0 Å². The quantitative estimate of drug-likeness (QED) is 0.598. The molecule has 1 aromatic carbocycles. The summed E-state index contributed by atoms with van der Waals surface area (Å²) in [5.41, 5.74) is -0.323. The largest absolute Gasteiger partial charge is 0.416 e. The zero-order chi connectivity index (χ0) is 21.9. The van der Waals surface area contributed by atoms with Crippen molar-refractivity contribution in [3.05, 3.63) is 57.3 Å². The molecule has 3 nitrogen and oxygen atoms in total. The lowest BCUT2D eigenvalue weighted by molar-refractivity contribution is -0.137. The summed E-state index contributed by atoms with van der Waals surface area (Å²) in [6, 6.07) is 9.90. The van der Waals surface area contributed by atoms with Crippen LogP contribution in [-0.2, 0) is 23.9 Å². The van der Waals surface area contributed by atoms with Gasteiger partial charge in [-0.05, 0) is 80.8 Å². The molecule has 2 saturated heterocycles. The molecule has 1 N–H and O–H groups in total. The maximum absolute atomic E-state index is 13.0. The predicted molar refractivity (Wildman–Crippen MR) is 116 cm³/mol. The molecule has 2 aliphatic heterocycles. The van der Waals surface area contributed by atoms with Gasteiger partial charge in [0.2, 0.25) is 0 Å². The molecule has 0 aliphatic carbocycles. The zero-order valence-electron chi connectivity index (χ0n) is 17.7. The summed E-state index contributed by atoms with van der Waals surface area (Å²) in [5.74, 6) is 0. The Balaban J connectivity index is 1.34. The smallest absolute Gasteiger partial charge is 0.396 e. The van der Waals surface area contributed by atoms with Crippen LogP contribution in [0.4, 0.5) is 13.2 Å². The van der Waals surface area contributed by atoms with E-state index in [9.17, 15) is 18.3 Å². The highest BCUT2D eigenvalue weighted by Crippen LogP contribution is 2.38. The molecule has 4 rings (SSSR count). The third-order valence-corrected chi connectivity index (χ3v) is 7.81. The van der Waals surface area contributed by atoms with Gasteiger partial charge in [-0.3, -0.25) is 4.90 Å². The Morgan fingerprint density at radius 3 is 2.61 bits per heavy atom. The van der Waals surface area contributed by atoms with Gasteiger partial charge in [0.05, 0.1) is 11.7 Å². The minimum atomic E-state index is -4.34. The fourth-order valence-electron chi connectivity index (χ4n) is 4.70. The summed E-state index contributed by atoms with van der Waals surface area (Å²) in [6.07, 6.45) is 1.40. The standard InChI is InChI=1S/C24H30F3NO2S/c25-24(26,27)19-5-3-4-18(14-19)15-23(17-29)9-11-28(12-10-23)16-20-7-8-22(31-20)21-6-1-2-13-30-21/h3-5,7-8,14,21,29H,1-2,6,9-13,15-17H2/t21-/m0/s1. The van der Waals surface area contributed by atoms with Crippen LogP contribution in [0.2, 0.25) is 0 Å². The first kappa shape index (κ1) is 22.8. The molecule has 0 saturated carbocycles. The predicted octanol–water partition coefficient (Wildman–Crippen LogP) is 5.83. The molecule has 0 radical (unpaired) electrons. The first-order valence-electron chi connectivity index (χ1n) is 11.1. The number of benzene rings is 1. The topological polar surface area (TPSA) is 32.7 Å². The molecule has 170 valence electrons. The van der Waals surface area contributed by atoms with Gasteiger partial charge in [-0.1, -0.05) is 18.2 Å². The number of aliphatic hydroxyl groups excluding tert-OH is 1. The summed E-state index contributed by atoms with van der Waals surface area (Å²) in [4.78, 5) is 5.01. The Bertz CT molecular complexity index is 853. The Morgan fingerprint density at radius 1 is 1.13 bits per heavy atom. The second kappa shape index (κ2) is 9.61. The molecule has 2 aromatic rings. The average molecular weight is 454 g/mol. The van der Waals surface area contributed by atoms with Crippen molar-refractivity contribution in [2.24, 2.45) is 5.41 Å². The van der Waals surface area contributed by atoms with Gasteiger partial charge >= 0.3 is 6.18 Å². The summed E-state index contributed by atoms with van der Waals surface area (Å²) in [7, 11) is 0. The molecule has 0 unspecified atom stereocenters. The first-order valence-corrected chi connectivity index (χ1v) is 11.9. The second-order valence-electron chi connectivity index (χ2n) is 8.97. The lowest BCUT2D eigenvalue weighted by atomic mass is 9.74. The van der Waals surface area contributed by atoms with E-state index in [1.54, 1.807) is 6.07 Å². The van der Waals surface area contributed by atoms with Crippen molar-refractivity contribution < 1.29 is 23.0 Å². The van der Waals surface area contributed by atoms with Gasteiger partial charge in [0, 0.05) is 29.5 Å². The highest BCUT2D eigenvalue weighted by atomic mass is 32.1. The normalized spacial score (nSPS) is 22.5. The summed E-state index contributed by atoms with van der Waals surface area (Å²) >= 11 is 1.82. The van der Waals surface area contributed by atoms with Crippen molar-refractivity contribution in [1.82, 2.24) is 4.90 Å². The number of piperidine rings is 1. The number of aliphatic hydroxyl groups is 1. The number of halogens is 3. The van der Waals surface area contributed by atoms with E-state index in [1.165, 1.54) is 28.3 Å². The molecule has 1 atom stereocenters. The van der Waals surface area contributed by atoms with Crippen LogP contribution in [-0.4, -0.2) is 36.3 Å². The van der Waals surface area contributed by atoms with E-state index in [2.05, 4.69) is 17.0 Å². The number of thiophene rings is 1. The molecule has 2 fully saturated rings. The van der Waals surface area contributed by atoms with Crippen molar-refractivity contribution in [2.45, 2.75) is 57.3 Å². The number of ether oxygens (including phenoxy) is 1. The molecular formula is C24H30F3NO2S. The van der Waals surface area contributed by atoms with Crippen LogP contribution >= 0.6 is 11.3 Å². The zero-order valence-corrected chi connectivity index (χ0v) is 18.5. The monoisotopic (exact) mass is 453 g/mol. The van der Waals surface area contributed by atoms with E-state index in [1.807, 2.05) is 11.3 Å². The van der Waals surface area contributed by atoms with E-state index >= 15 is 0 Å². The Kier molecular flexibility index (Phi) is 7.06. The number of nitrogens with zero attached hydrogens (tertiary/aromatic N) is 1. The van der Waals surface area contributed by atoms with Crippen LogP contribution in [0.3, 0.4) is 0 Å². The van der Waals surface area contributed by atoms with Gasteiger partial charge in [-0.2, -0.15) is 13.2 Å². The van der Waals surface area contributed by atoms with Gasteiger partial charge in [-0.25, -0.2) is 0 Å². The minimum Gasteiger partial charge on any atom is -0.396 e. The Hall–Kier alpha value is -1.41. The summed E-state index contributed by atoms with van der Waals surface area (Å²) in [5, 5.41) is 10.1. The number of hydrogen-bond acceptors (Lipinski definition) is 4. The van der Waals surface area contributed by atoms with Crippen LogP contribution in [0.15, 0.2) is 36.4 Å². The van der Waals surface area contributed by atoms with Crippen LogP contribution in [0, 0.1) is 5.41 Å². The SMILES string of the molecule is OCC1(Cc2cccc(C(F)(F)F)c2)CCN(Cc2ccc([C@@H]3CCCCO3)s2)CC1. The lowest BCUT2D eigenvalue weighted by Crippen LogP contribution is -2.42. The number of likely N-dealkylation sites (tertiary alicyclic amines) is 1. The molecule has 2 aliphatic rings. The molecule has 7 heteroatoms. The van der Waals surface area contributed by atoms with Gasteiger partial charge in [0.1, 0.15) is 0 Å². The maximum atomic E-state index is 13.0. The van der Waals surface area contributed by atoms with Crippen LogP contribution < -0.4 is 0 Å². The molecule has 31 heavy (non-hydrogen) atoms. The van der Waals surface area contributed by atoms with Gasteiger partial charge < -0.3 is 9.84 Å². The van der Waals surface area contributed by atoms with Crippen molar-refractivity contribution in [3.63, 3.8) is 0 Å². The van der Waals surface area contributed by atoms with Crippen LogP contribution in [0.25, 0.3) is 0 Å². The Morgan fingerprint density at radius 2 is 1.94 bits per heavy atom. The third-order valence-electron chi connectivity index (χ3n) is 6.64. The average Bonchev–Trinajstić information content (AvgIpc) is 3.24. The fraction of sp³-hybridized carbons (Fsp3) is 0.583. The molecule has 0 spiro atoms. The van der Waals surface area contributed by atoms with E-state index in [4.69, 9.17) is 4.74 Å². The molecule has 1 aromatic heterocycles. The number of alkyl halides is 3. The third kappa shape index (κ3) is 5.69. The van der Waals surface area contributed by atoms with E-state index in [-0.39, 0.29) is 18.1 Å². The molecule has 0 amide bonds. The first-order chi connectivity index (χ1) is 14.9. The van der Waals surface area contributed by atoms with Crippen molar-refractivity contribution in [1.29, 1.82) is 0 Å². The second-order valence-corrected chi connectivity index (χ2v) is 10.2. The van der Waals surface area contributed by atoms with E-state index in [0.29, 0.717) is 12.0 Å². The van der Waals surface area contributed by atoms with Gasteiger partial charge in [0.15, 0.2) is 0 Å². The number of rotatable bonds is 6. The molecular weight excluding hydrogens is 423 g/mol. The van der Waals surface area contributed by atoms with Gasteiger partial charge in [-0.15, -0.1) is 11.3 Å².